The molecule has 1 heteroatoms. The molecule has 1 heterocycles. The van der Waals surface area contributed by atoms with Gasteiger partial charge in [0.1, 0.15) is 0 Å². The van der Waals surface area contributed by atoms with E-state index in [1.807, 2.05) is 0 Å². The molecule has 3 fully saturated rings. The summed E-state index contributed by atoms with van der Waals surface area (Å²) in [6.45, 7) is 9.57. The van der Waals surface area contributed by atoms with Crippen LogP contribution >= 0.6 is 0 Å². The Morgan fingerprint density at radius 2 is 1.81 bits per heavy atom. The van der Waals surface area contributed by atoms with Crippen molar-refractivity contribution in [2.75, 3.05) is 0 Å². The predicted molar refractivity (Wildman–Crippen MR) is 66.4 cm³/mol. The minimum Gasteiger partial charge on any atom is -0.368 e. The van der Waals surface area contributed by atoms with Crippen LogP contribution < -0.4 is 0 Å². The van der Waals surface area contributed by atoms with E-state index >= 15 is 0 Å². The maximum Gasteiger partial charge on any atom is 0.0772 e. The van der Waals surface area contributed by atoms with Crippen molar-refractivity contribution in [2.45, 2.75) is 77.4 Å². The van der Waals surface area contributed by atoms with Gasteiger partial charge < -0.3 is 4.74 Å². The highest BCUT2D eigenvalue weighted by molar-refractivity contribution is 5.14. The molecule has 0 amide bonds. The Morgan fingerprint density at radius 1 is 1.06 bits per heavy atom. The van der Waals surface area contributed by atoms with Gasteiger partial charge in [0.2, 0.25) is 0 Å². The van der Waals surface area contributed by atoms with E-state index in [1.54, 1.807) is 0 Å². The molecule has 0 aromatic rings. The minimum absolute atomic E-state index is 0.128. The monoisotopic (exact) mass is 222 g/mol. The first-order valence-electron chi connectivity index (χ1n) is 7.10. The van der Waals surface area contributed by atoms with E-state index in [-0.39, 0.29) is 11.2 Å². The van der Waals surface area contributed by atoms with E-state index < -0.39 is 0 Å². The van der Waals surface area contributed by atoms with Crippen LogP contribution in [-0.2, 0) is 4.74 Å². The Morgan fingerprint density at radius 3 is 2.56 bits per heavy atom. The average molecular weight is 222 g/mol. The van der Waals surface area contributed by atoms with Gasteiger partial charge in [0.25, 0.3) is 0 Å². The number of fused-ring (bicyclic) bond motifs is 1. The third kappa shape index (κ3) is 1.16. The highest BCUT2D eigenvalue weighted by atomic mass is 16.5. The fourth-order valence-corrected chi connectivity index (χ4v) is 4.99. The van der Waals surface area contributed by atoms with Crippen LogP contribution in [0.1, 0.15) is 66.2 Å². The van der Waals surface area contributed by atoms with Crippen molar-refractivity contribution in [1.82, 2.24) is 0 Å². The molecule has 4 atom stereocenters. The summed E-state index contributed by atoms with van der Waals surface area (Å²) < 4.78 is 6.68. The van der Waals surface area contributed by atoms with Crippen LogP contribution in [0.15, 0.2) is 0 Å². The molecule has 1 saturated heterocycles. The molecule has 16 heavy (non-hydrogen) atoms. The van der Waals surface area contributed by atoms with Gasteiger partial charge in [-0.25, -0.2) is 0 Å². The van der Waals surface area contributed by atoms with Gasteiger partial charge in [-0.15, -0.1) is 0 Å². The normalized spacial score (nSPS) is 54.8. The lowest BCUT2D eigenvalue weighted by Gasteiger charge is -2.55. The SMILES string of the molecule is CC1CCCC2(C)CCC3CC12OC3(C)C. The number of hydrogen-bond acceptors (Lipinski definition) is 1. The summed E-state index contributed by atoms with van der Waals surface area (Å²) in [5.74, 6) is 1.57. The van der Waals surface area contributed by atoms with Crippen LogP contribution in [-0.4, -0.2) is 11.2 Å². The van der Waals surface area contributed by atoms with E-state index in [0.29, 0.717) is 5.41 Å². The standard InChI is InChI=1S/C15H26O/c1-11-6-5-8-14(4)9-7-12-10-15(11,14)16-13(12,2)3/h11-12H,5-10H2,1-4H3. The lowest BCUT2D eigenvalue weighted by Crippen LogP contribution is -2.55. The molecule has 1 nitrogen and oxygen atoms in total. The first kappa shape index (κ1) is 11.1. The molecule has 2 bridgehead atoms. The van der Waals surface area contributed by atoms with Crippen molar-refractivity contribution in [2.24, 2.45) is 17.3 Å². The molecule has 0 aromatic heterocycles. The van der Waals surface area contributed by atoms with E-state index in [0.717, 1.165) is 11.8 Å². The molecule has 92 valence electrons. The molecular weight excluding hydrogens is 196 g/mol. The molecule has 1 aliphatic heterocycles. The van der Waals surface area contributed by atoms with Gasteiger partial charge in [-0.3, -0.25) is 0 Å². The lowest BCUT2D eigenvalue weighted by atomic mass is 9.53. The summed E-state index contributed by atoms with van der Waals surface area (Å²) in [6.07, 6.45) is 8.29. The van der Waals surface area contributed by atoms with Crippen molar-refractivity contribution < 1.29 is 4.74 Å². The Labute approximate surface area is 99.9 Å². The summed E-state index contributed by atoms with van der Waals surface area (Å²) in [4.78, 5) is 0. The van der Waals surface area contributed by atoms with Crippen molar-refractivity contribution in [3.63, 3.8) is 0 Å². The fraction of sp³-hybridized carbons (Fsp3) is 1.00. The van der Waals surface area contributed by atoms with Gasteiger partial charge >= 0.3 is 0 Å². The van der Waals surface area contributed by atoms with E-state index in [2.05, 4.69) is 27.7 Å². The molecule has 0 N–H and O–H groups in total. The number of rotatable bonds is 0. The minimum atomic E-state index is 0.128. The van der Waals surface area contributed by atoms with Crippen LogP contribution in [0.25, 0.3) is 0 Å². The van der Waals surface area contributed by atoms with Crippen molar-refractivity contribution in [3.05, 3.63) is 0 Å². The van der Waals surface area contributed by atoms with Crippen molar-refractivity contribution >= 4 is 0 Å². The highest BCUT2D eigenvalue weighted by Gasteiger charge is 2.65. The van der Waals surface area contributed by atoms with Crippen LogP contribution in [0.2, 0.25) is 0 Å². The molecule has 2 saturated carbocycles. The van der Waals surface area contributed by atoms with Crippen LogP contribution in [0, 0.1) is 17.3 Å². The quantitative estimate of drug-likeness (QED) is 0.598. The molecule has 0 aromatic carbocycles. The van der Waals surface area contributed by atoms with Crippen LogP contribution in [0.3, 0.4) is 0 Å². The van der Waals surface area contributed by atoms with E-state index in [1.165, 1.54) is 38.5 Å². The lowest BCUT2D eigenvalue weighted by molar-refractivity contribution is -0.192. The summed E-state index contributed by atoms with van der Waals surface area (Å²) in [5.41, 5.74) is 0.815. The molecule has 1 spiro atoms. The molecule has 3 rings (SSSR count). The highest BCUT2D eigenvalue weighted by Crippen LogP contribution is 2.65. The van der Waals surface area contributed by atoms with Gasteiger partial charge in [0.05, 0.1) is 11.2 Å². The molecule has 2 aliphatic carbocycles. The van der Waals surface area contributed by atoms with Gasteiger partial charge in [0, 0.05) is 0 Å². The zero-order valence-electron chi connectivity index (χ0n) is 11.3. The third-order valence-corrected chi connectivity index (χ3v) is 6.21. The Hall–Kier alpha value is -0.0400. The van der Waals surface area contributed by atoms with Crippen LogP contribution in [0.5, 0.6) is 0 Å². The first-order chi connectivity index (χ1) is 7.40. The largest absolute Gasteiger partial charge is 0.368 e. The molecule has 3 aliphatic rings. The van der Waals surface area contributed by atoms with Crippen molar-refractivity contribution in [1.29, 1.82) is 0 Å². The van der Waals surface area contributed by atoms with Gasteiger partial charge in [-0.05, 0) is 63.2 Å². The third-order valence-electron chi connectivity index (χ3n) is 6.21. The second-order valence-corrected chi connectivity index (χ2v) is 7.39. The Kier molecular flexibility index (Phi) is 2.11. The van der Waals surface area contributed by atoms with E-state index in [9.17, 15) is 0 Å². The number of ether oxygens (including phenoxy) is 1. The second kappa shape index (κ2) is 3.04. The maximum atomic E-state index is 6.68. The first-order valence-corrected chi connectivity index (χ1v) is 7.10. The van der Waals surface area contributed by atoms with Crippen molar-refractivity contribution in [3.8, 4) is 0 Å². The summed E-state index contributed by atoms with van der Waals surface area (Å²) >= 11 is 0. The zero-order chi connectivity index (χ0) is 11.6. The average Bonchev–Trinajstić information content (AvgIpc) is 2.42. The van der Waals surface area contributed by atoms with Gasteiger partial charge in [0.15, 0.2) is 0 Å². The molecular formula is C15H26O. The summed E-state index contributed by atoms with van der Waals surface area (Å²) in [7, 11) is 0. The number of hydrogen-bond donors (Lipinski definition) is 0. The van der Waals surface area contributed by atoms with Gasteiger partial charge in [-0.1, -0.05) is 20.3 Å². The summed E-state index contributed by atoms with van der Waals surface area (Å²) in [6, 6.07) is 0. The van der Waals surface area contributed by atoms with Gasteiger partial charge in [-0.2, -0.15) is 0 Å². The summed E-state index contributed by atoms with van der Waals surface area (Å²) in [5, 5.41) is 0. The zero-order valence-corrected chi connectivity index (χ0v) is 11.3. The molecule has 4 unspecified atom stereocenters. The maximum absolute atomic E-state index is 6.68. The Balaban J connectivity index is 2.04. The molecule has 0 radical (unpaired) electrons. The fourth-order valence-electron chi connectivity index (χ4n) is 4.99. The topological polar surface area (TPSA) is 9.23 Å². The van der Waals surface area contributed by atoms with Crippen LogP contribution in [0.4, 0.5) is 0 Å². The smallest absolute Gasteiger partial charge is 0.0772 e. The predicted octanol–water partition coefficient (Wildman–Crippen LogP) is 4.16. The second-order valence-electron chi connectivity index (χ2n) is 7.39. The Bertz CT molecular complexity index is 309. The van der Waals surface area contributed by atoms with E-state index in [4.69, 9.17) is 4.74 Å².